The molecule has 0 heterocycles. The topological polar surface area (TPSA) is 29.1 Å². The lowest BCUT2D eigenvalue weighted by atomic mass is 9.98. The van der Waals surface area contributed by atoms with E-state index in [9.17, 15) is 4.79 Å². The molecule has 2 heteroatoms. The van der Waals surface area contributed by atoms with Crippen molar-refractivity contribution in [3.63, 3.8) is 0 Å². The molecule has 2 aromatic rings. The van der Waals surface area contributed by atoms with Crippen LogP contribution in [0.2, 0.25) is 0 Å². The molecular weight excluding hydrogens is 438 g/mol. The Morgan fingerprint density at radius 2 is 1.36 bits per heavy atom. The maximum Gasteiger partial charge on any atom is 0.220 e. The molecule has 2 nitrogen and oxygen atoms in total. The van der Waals surface area contributed by atoms with Crippen molar-refractivity contribution in [2.45, 2.75) is 123 Å². The van der Waals surface area contributed by atoms with Crippen molar-refractivity contribution in [1.29, 1.82) is 0 Å². The van der Waals surface area contributed by atoms with Gasteiger partial charge in [-0.3, -0.25) is 4.79 Å². The summed E-state index contributed by atoms with van der Waals surface area (Å²) in [5.74, 6) is 2.28. The molecule has 1 aliphatic carbocycles. The van der Waals surface area contributed by atoms with Crippen LogP contribution in [0.15, 0.2) is 54.6 Å². The number of hydrogen-bond acceptors (Lipinski definition) is 1. The maximum atomic E-state index is 12.7. The average Bonchev–Trinajstić information content (AvgIpc) is 3.65. The van der Waals surface area contributed by atoms with Crippen molar-refractivity contribution >= 4 is 5.91 Å². The lowest BCUT2D eigenvalue weighted by molar-refractivity contribution is -0.122. The summed E-state index contributed by atoms with van der Waals surface area (Å²) in [7, 11) is 0. The number of hydrogen-bond donors (Lipinski definition) is 1. The number of benzene rings is 2. The van der Waals surface area contributed by atoms with E-state index in [1.807, 2.05) is 6.07 Å². The summed E-state index contributed by atoms with van der Waals surface area (Å²) in [4.78, 5) is 12.7. The maximum absolute atomic E-state index is 12.7. The van der Waals surface area contributed by atoms with Gasteiger partial charge in [0.25, 0.3) is 0 Å². The molecule has 3 atom stereocenters. The summed E-state index contributed by atoms with van der Waals surface area (Å²) in [5, 5.41) is 3.32. The normalized spacial score (nSPS) is 17.6. The SMILES string of the molecule is CCCCCCCC[C@H]1C[C@H]1CCCCCCCC(=O)NC(Cc1ccc(C)cc1)c1ccccc1. The highest BCUT2D eigenvalue weighted by atomic mass is 16.1. The third-order valence-electron chi connectivity index (χ3n) is 8.07. The zero-order chi connectivity index (χ0) is 25.4. The first-order valence-electron chi connectivity index (χ1n) is 15.1. The molecule has 0 radical (unpaired) electrons. The van der Waals surface area contributed by atoms with Crippen LogP contribution in [-0.4, -0.2) is 5.91 Å². The highest BCUT2D eigenvalue weighted by molar-refractivity contribution is 5.76. The Bertz CT molecular complexity index is 843. The fraction of sp³-hybridized carbons (Fsp3) is 0.618. The van der Waals surface area contributed by atoms with E-state index in [0.29, 0.717) is 6.42 Å². The molecule has 0 saturated heterocycles. The van der Waals surface area contributed by atoms with Crippen LogP contribution in [0.25, 0.3) is 0 Å². The zero-order valence-corrected chi connectivity index (χ0v) is 23.2. The number of aryl methyl sites for hydroxylation is 1. The second kappa shape index (κ2) is 16.6. The number of carbonyl (C=O) groups is 1. The Morgan fingerprint density at radius 3 is 2.00 bits per heavy atom. The Labute approximate surface area is 221 Å². The first-order valence-corrected chi connectivity index (χ1v) is 15.1. The first kappa shape index (κ1) is 28.5. The number of unbranched alkanes of at least 4 members (excludes halogenated alkanes) is 9. The van der Waals surface area contributed by atoms with Gasteiger partial charge in [-0.15, -0.1) is 0 Å². The quantitative estimate of drug-likeness (QED) is 0.196. The van der Waals surface area contributed by atoms with E-state index in [0.717, 1.165) is 24.7 Å². The molecule has 1 amide bonds. The predicted molar refractivity (Wildman–Crippen MR) is 154 cm³/mol. The second-order valence-corrected chi connectivity index (χ2v) is 11.3. The molecule has 1 unspecified atom stereocenters. The van der Waals surface area contributed by atoms with Crippen LogP contribution in [0.5, 0.6) is 0 Å². The van der Waals surface area contributed by atoms with Gasteiger partial charge in [0.15, 0.2) is 0 Å². The van der Waals surface area contributed by atoms with Gasteiger partial charge in [-0.1, -0.05) is 144 Å². The lowest BCUT2D eigenvalue weighted by Crippen LogP contribution is -2.29. The molecule has 1 N–H and O–H groups in total. The second-order valence-electron chi connectivity index (χ2n) is 11.3. The van der Waals surface area contributed by atoms with E-state index in [1.165, 1.54) is 100 Å². The van der Waals surface area contributed by atoms with Gasteiger partial charge in [0.2, 0.25) is 5.91 Å². The van der Waals surface area contributed by atoms with E-state index >= 15 is 0 Å². The Kier molecular flexibility index (Phi) is 13.1. The van der Waals surface area contributed by atoms with Gasteiger partial charge in [0.05, 0.1) is 6.04 Å². The van der Waals surface area contributed by atoms with Crippen molar-refractivity contribution in [1.82, 2.24) is 5.32 Å². The van der Waals surface area contributed by atoms with Gasteiger partial charge >= 0.3 is 0 Å². The largest absolute Gasteiger partial charge is 0.349 e. The Hall–Kier alpha value is -2.09. The Morgan fingerprint density at radius 1 is 0.778 bits per heavy atom. The van der Waals surface area contributed by atoms with Crippen molar-refractivity contribution in [2.24, 2.45) is 11.8 Å². The van der Waals surface area contributed by atoms with E-state index in [4.69, 9.17) is 0 Å². The summed E-state index contributed by atoms with van der Waals surface area (Å²) in [5.41, 5.74) is 3.71. The monoisotopic (exact) mass is 489 g/mol. The molecule has 1 fully saturated rings. The van der Waals surface area contributed by atoms with E-state index in [1.54, 1.807) is 0 Å². The number of rotatable bonds is 19. The van der Waals surface area contributed by atoms with Crippen molar-refractivity contribution in [2.75, 3.05) is 0 Å². The molecule has 0 spiro atoms. The van der Waals surface area contributed by atoms with Crippen molar-refractivity contribution in [3.05, 3.63) is 71.3 Å². The van der Waals surface area contributed by atoms with Crippen LogP contribution < -0.4 is 5.32 Å². The van der Waals surface area contributed by atoms with E-state index in [-0.39, 0.29) is 11.9 Å². The molecule has 0 aromatic heterocycles. The molecule has 198 valence electrons. The molecule has 36 heavy (non-hydrogen) atoms. The van der Waals surface area contributed by atoms with Crippen LogP contribution in [0, 0.1) is 18.8 Å². The van der Waals surface area contributed by atoms with E-state index < -0.39 is 0 Å². The first-order chi connectivity index (χ1) is 17.7. The minimum Gasteiger partial charge on any atom is -0.349 e. The molecule has 0 aliphatic heterocycles. The minimum atomic E-state index is 0.0317. The lowest BCUT2D eigenvalue weighted by Gasteiger charge is -2.20. The standard InChI is InChI=1S/C34H51NO/c1-3-4-5-6-8-12-19-31-27-32(31)20-13-9-7-10-16-21-34(36)35-33(30-17-14-11-15-18-30)26-29-24-22-28(2)23-25-29/h11,14-15,17-18,22-25,31-33H,3-10,12-13,16,19-21,26-27H2,1-2H3,(H,35,36)/t31-,32+,33?/m0/s1. The fourth-order valence-electron chi connectivity index (χ4n) is 5.59. The molecule has 2 aromatic carbocycles. The van der Waals surface area contributed by atoms with Crippen LogP contribution in [0.3, 0.4) is 0 Å². The number of amides is 1. The average molecular weight is 490 g/mol. The Balaban J connectivity index is 1.24. The summed E-state index contributed by atoms with van der Waals surface area (Å²) in [6, 6.07) is 19.1. The summed E-state index contributed by atoms with van der Waals surface area (Å²) in [6.45, 7) is 4.40. The third kappa shape index (κ3) is 11.3. The van der Waals surface area contributed by atoms with Gasteiger partial charge in [0, 0.05) is 6.42 Å². The van der Waals surface area contributed by atoms with Gasteiger partial charge < -0.3 is 5.32 Å². The highest BCUT2D eigenvalue weighted by Gasteiger charge is 2.34. The molecule has 1 saturated carbocycles. The van der Waals surface area contributed by atoms with Gasteiger partial charge in [-0.2, -0.15) is 0 Å². The number of carbonyl (C=O) groups excluding carboxylic acids is 1. The molecule has 3 rings (SSSR count). The molecular formula is C34H51NO. The van der Waals surface area contributed by atoms with Crippen LogP contribution in [-0.2, 0) is 11.2 Å². The van der Waals surface area contributed by atoms with Crippen LogP contribution in [0.1, 0.15) is 126 Å². The molecule has 1 aliphatic rings. The van der Waals surface area contributed by atoms with Crippen LogP contribution in [0.4, 0.5) is 0 Å². The molecule has 0 bridgehead atoms. The van der Waals surface area contributed by atoms with Gasteiger partial charge in [-0.05, 0) is 49.1 Å². The van der Waals surface area contributed by atoms with Gasteiger partial charge in [0.1, 0.15) is 0 Å². The van der Waals surface area contributed by atoms with Crippen molar-refractivity contribution in [3.8, 4) is 0 Å². The predicted octanol–water partition coefficient (Wildman–Crippen LogP) is 9.51. The van der Waals surface area contributed by atoms with Gasteiger partial charge in [-0.25, -0.2) is 0 Å². The summed E-state index contributed by atoms with van der Waals surface area (Å²) in [6.07, 6.45) is 20.6. The van der Waals surface area contributed by atoms with Crippen LogP contribution >= 0.6 is 0 Å². The third-order valence-corrected chi connectivity index (χ3v) is 8.07. The summed E-state index contributed by atoms with van der Waals surface area (Å²) >= 11 is 0. The highest BCUT2D eigenvalue weighted by Crippen LogP contribution is 2.45. The van der Waals surface area contributed by atoms with Crippen molar-refractivity contribution < 1.29 is 4.79 Å². The van der Waals surface area contributed by atoms with E-state index in [2.05, 4.69) is 67.7 Å². The zero-order valence-electron chi connectivity index (χ0n) is 23.2. The fourth-order valence-corrected chi connectivity index (χ4v) is 5.59. The number of nitrogens with one attached hydrogen (secondary N) is 1. The minimum absolute atomic E-state index is 0.0317. The summed E-state index contributed by atoms with van der Waals surface area (Å²) < 4.78 is 0. The smallest absolute Gasteiger partial charge is 0.220 e.